The lowest BCUT2D eigenvalue weighted by atomic mass is 10.1. The van der Waals surface area contributed by atoms with E-state index in [0.717, 1.165) is 25.7 Å². The highest BCUT2D eigenvalue weighted by atomic mass is 16.6. The van der Waals surface area contributed by atoms with E-state index in [1.807, 2.05) is 48.6 Å². The molecule has 0 unspecified atom stereocenters. The Hall–Kier alpha value is -2.74. The number of rotatable bonds is 30. The molecule has 0 saturated heterocycles. The zero-order valence-electron chi connectivity index (χ0n) is 28.8. The molecule has 0 rings (SSSR count). The van der Waals surface area contributed by atoms with Crippen LogP contribution in [0.3, 0.4) is 0 Å². The molecule has 0 radical (unpaired) electrons. The fourth-order valence-electron chi connectivity index (χ4n) is 4.40. The van der Waals surface area contributed by atoms with Crippen molar-refractivity contribution in [3.05, 3.63) is 72.9 Å². The van der Waals surface area contributed by atoms with Gasteiger partial charge in [0.25, 0.3) is 0 Å². The number of hydrogen-bond acceptors (Lipinski definition) is 7. The zero-order chi connectivity index (χ0) is 33.9. The van der Waals surface area contributed by atoms with E-state index in [1.165, 1.54) is 51.4 Å². The van der Waals surface area contributed by atoms with Crippen molar-refractivity contribution < 1.29 is 34.4 Å². The number of carbonyl (C=O) groups is 2. The molecule has 0 saturated carbocycles. The Morgan fingerprint density at radius 1 is 0.565 bits per heavy atom. The largest absolute Gasteiger partial charge is 0.463 e. The first kappa shape index (κ1) is 43.3. The first-order chi connectivity index (χ1) is 22.4. The molecule has 0 aromatic carbocycles. The first-order valence-electron chi connectivity index (χ1n) is 17.7. The van der Waals surface area contributed by atoms with Gasteiger partial charge in [-0.25, -0.2) is 0 Å². The molecule has 0 amide bonds. The van der Waals surface area contributed by atoms with Crippen molar-refractivity contribution in [1.82, 2.24) is 0 Å². The summed E-state index contributed by atoms with van der Waals surface area (Å²) in [6.07, 6.45) is 37.4. The number of hydrogen-bond donors (Lipinski definition) is 3. The number of unbranched alkanes of at least 4 members (excludes halogenated alkanes) is 10. The summed E-state index contributed by atoms with van der Waals surface area (Å²) in [4.78, 5) is 23.8. The molecule has 46 heavy (non-hydrogen) atoms. The smallest absolute Gasteiger partial charge is 0.306 e. The van der Waals surface area contributed by atoms with E-state index in [2.05, 4.69) is 13.8 Å². The van der Waals surface area contributed by atoms with Gasteiger partial charge in [0.1, 0.15) is 19.3 Å². The van der Waals surface area contributed by atoms with Crippen molar-refractivity contribution >= 4 is 11.9 Å². The van der Waals surface area contributed by atoms with Crippen LogP contribution in [0.1, 0.15) is 129 Å². The van der Waals surface area contributed by atoms with E-state index < -0.39 is 24.3 Å². The highest BCUT2D eigenvalue weighted by molar-refractivity contribution is 5.70. The zero-order valence-corrected chi connectivity index (χ0v) is 28.8. The van der Waals surface area contributed by atoms with E-state index >= 15 is 0 Å². The number of aliphatic hydroxyl groups is 3. The number of carbonyl (C=O) groups excluding carboxylic acids is 2. The van der Waals surface area contributed by atoms with Gasteiger partial charge in [-0.15, -0.1) is 0 Å². The molecule has 3 N–H and O–H groups in total. The SMILES string of the molecule is CC/C=C\C[C@@H](O)/C=C/C=C\C=C\[C@@H](O)C/C=C\C/C=C\CCC(=O)OC[C@H](O)COC(=O)CCCCCCCCCCCCC. The van der Waals surface area contributed by atoms with Crippen LogP contribution in [0.15, 0.2) is 72.9 Å². The fourth-order valence-corrected chi connectivity index (χ4v) is 4.40. The summed E-state index contributed by atoms with van der Waals surface area (Å²) in [6.45, 7) is 3.93. The van der Waals surface area contributed by atoms with Gasteiger partial charge in [-0.3, -0.25) is 9.59 Å². The van der Waals surface area contributed by atoms with Gasteiger partial charge >= 0.3 is 11.9 Å². The van der Waals surface area contributed by atoms with Gasteiger partial charge in [-0.05, 0) is 38.5 Å². The van der Waals surface area contributed by atoms with Crippen molar-refractivity contribution in [3.8, 4) is 0 Å². The topological polar surface area (TPSA) is 113 Å². The minimum Gasteiger partial charge on any atom is -0.463 e. The van der Waals surface area contributed by atoms with Crippen LogP contribution in [-0.2, 0) is 19.1 Å². The van der Waals surface area contributed by atoms with E-state index in [9.17, 15) is 24.9 Å². The van der Waals surface area contributed by atoms with Crippen LogP contribution >= 0.6 is 0 Å². The highest BCUT2D eigenvalue weighted by Crippen LogP contribution is 2.12. The average molecular weight is 645 g/mol. The second kappa shape index (κ2) is 33.6. The van der Waals surface area contributed by atoms with E-state index in [4.69, 9.17) is 9.47 Å². The predicted octanol–water partition coefficient (Wildman–Crippen LogP) is 8.55. The summed E-state index contributed by atoms with van der Waals surface area (Å²) in [6, 6.07) is 0. The van der Waals surface area contributed by atoms with Crippen LogP contribution in [0.25, 0.3) is 0 Å². The Bertz CT molecular complexity index is 900. The Labute approximate surface area is 279 Å². The van der Waals surface area contributed by atoms with Gasteiger partial charge < -0.3 is 24.8 Å². The summed E-state index contributed by atoms with van der Waals surface area (Å²) in [7, 11) is 0. The van der Waals surface area contributed by atoms with Crippen molar-refractivity contribution in [2.24, 2.45) is 0 Å². The van der Waals surface area contributed by atoms with Gasteiger partial charge in [-0.2, -0.15) is 0 Å². The van der Waals surface area contributed by atoms with Crippen LogP contribution in [0, 0.1) is 0 Å². The summed E-state index contributed by atoms with van der Waals surface area (Å²) >= 11 is 0. The molecule has 0 aromatic heterocycles. The third-order valence-electron chi connectivity index (χ3n) is 7.14. The molecule has 0 heterocycles. The van der Waals surface area contributed by atoms with Crippen molar-refractivity contribution in [1.29, 1.82) is 0 Å². The third kappa shape index (κ3) is 32.6. The Balaban J connectivity index is 3.77. The normalized spacial score (nSPS) is 14.5. The molecule has 0 spiro atoms. The summed E-state index contributed by atoms with van der Waals surface area (Å²) in [5.74, 6) is -0.734. The summed E-state index contributed by atoms with van der Waals surface area (Å²) in [5, 5.41) is 29.7. The minimum absolute atomic E-state index is 0.169. The maximum absolute atomic E-state index is 11.9. The number of allylic oxidation sites excluding steroid dienone is 8. The van der Waals surface area contributed by atoms with E-state index in [1.54, 1.807) is 24.3 Å². The van der Waals surface area contributed by atoms with Crippen LogP contribution < -0.4 is 0 Å². The summed E-state index contributed by atoms with van der Waals surface area (Å²) in [5.41, 5.74) is 0. The number of ether oxygens (including phenoxy) is 2. The number of aliphatic hydroxyl groups excluding tert-OH is 3. The van der Waals surface area contributed by atoms with Crippen molar-refractivity contribution in [3.63, 3.8) is 0 Å². The molecular weight excluding hydrogens is 580 g/mol. The van der Waals surface area contributed by atoms with Crippen LogP contribution in [0.2, 0.25) is 0 Å². The Morgan fingerprint density at radius 3 is 1.59 bits per heavy atom. The van der Waals surface area contributed by atoms with Crippen LogP contribution in [0.5, 0.6) is 0 Å². The van der Waals surface area contributed by atoms with Crippen LogP contribution in [0.4, 0.5) is 0 Å². The summed E-state index contributed by atoms with van der Waals surface area (Å²) < 4.78 is 10.2. The molecule has 0 aliphatic heterocycles. The van der Waals surface area contributed by atoms with Gasteiger partial charge in [-0.1, -0.05) is 151 Å². The standard InChI is InChI=1S/C39H64O7/c1-3-5-7-8-9-10-11-12-13-17-25-31-38(43)45-33-37(42)34-46-39(44)32-26-18-15-14-16-22-28-36(41)30-24-20-19-23-29-35(40)27-21-6-4-2/h6,15-16,18-24,29-30,35-37,40-42H,3-5,7-14,17,25-28,31-34H2,1-2H3/b18-15-,20-19-,21-6-,22-16-,29-23+,30-24+/t35-,36+,37-/m1/s1. The van der Waals surface area contributed by atoms with E-state index in [0.29, 0.717) is 32.1 Å². The lowest BCUT2D eigenvalue weighted by Gasteiger charge is -2.12. The molecule has 0 aromatic rings. The Kier molecular flexibility index (Phi) is 31.6. The molecule has 7 heteroatoms. The lowest BCUT2D eigenvalue weighted by molar-refractivity contribution is -0.152. The second-order valence-electron chi connectivity index (χ2n) is 11.7. The quantitative estimate of drug-likeness (QED) is 0.0311. The molecule has 0 fully saturated rings. The minimum atomic E-state index is -1.03. The maximum atomic E-state index is 11.9. The predicted molar refractivity (Wildman–Crippen MR) is 189 cm³/mol. The van der Waals surface area contributed by atoms with Gasteiger partial charge in [0.2, 0.25) is 0 Å². The first-order valence-corrected chi connectivity index (χ1v) is 17.7. The lowest BCUT2D eigenvalue weighted by Crippen LogP contribution is -2.25. The molecule has 262 valence electrons. The molecule has 0 bridgehead atoms. The molecular formula is C39H64O7. The van der Waals surface area contributed by atoms with Gasteiger partial charge in [0.05, 0.1) is 12.2 Å². The molecule has 3 atom stereocenters. The molecule has 0 aliphatic carbocycles. The molecule has 7 nitrogen and oxygen atoms in total. The van der Waals surface area contributed by atoms with Crippen molar-refractivity contribution in [2.75, 3.05) is 13.2 Å². The average Bonchev–Trinajstić information content (AvgIpc) is 3.04. The highest BCUT2D eigenvalue weighted by Gasteiger charge is 2.11. The fraction of sp³-hybridized carbons (Fsp3) is 0.641. The third-order valence-corrected chi connectivity index (χ3v) is 7.14. The number of esters is 2. The monoisotopic (exact) mass is 644 g/mol. The van der Waals surface area contributed by atoms with E-state index in [-0.39, 0.29) is 25.6 Å². The van der Waals surface area contributed by atoms with Crippen LogP contribution in [-0.4, -0.2) is 58.8 Å². The Morgan fingerprint density at radius 2 is 1.04 bits per heavy atom. The maximum Gasteiger partial charge on any atom is 0.306 e. The molecule has 0 aliphatic rings. The van der Waals surface area contributed by atoms with Crippen molar-refractivity contribution in [2.45, 2.75) is 148 Å². The van der Waals surface area contributed by atoms with Gasteiger partial charge in [0, 0.05) is 12.8 Å². The second-order valence-corrected chi connectivity index (χ2v) is 11.7. The van der Waals surface area contributed by atoms with Gasteiger partial charge in [0.15, 0.2) is 0 Å².